The zero-order valence-electron chi connectivity index (χ0n) is 6.52. The van der Waals surface area contributed by atoms with E-state index in [1.54, 1.807) is 0 Å². The molecule has 1 saturated carbocycles. The first kappa shape index (κ1) is 6.62. The first-order chi connectivity index (χ1) is 4.87. The maximum atomic E-state index is 5.21. The Morgan fingerprint density at radius 3 is 2.50 bits per heavy atom. The fourth-order valence-electron chi connectivity index (χ4n) is 1.94. The Hall–Kier alpha value is -0.0800. The molecule has 1 aliphatic carbocycles. The van der Waals surface area contributed by atoms with Gasteiger partial charge in [0.15, 0.2) is 0 Å². The number of hydrogen-bond donors (Lipinski definition) is 1. The third-order valence-corrected chi connectivity index (χ3v) is 2.83. The van der Waals surface area contributed by atoms with Crippen LogP contribution in [0.2, 0.25) is 0 Å². The van der Waals surface area contributed by atoms with E-state index in [2.05, 4.69) is 5.32 Å². The van der Waals surface area contributed by atoms with E-state index in [-0.39, 0.29) is 0 Å². The van der Waals surface area contributed by atoms with E-state index < -0.39 is 0 Å². The molecule has 1 aliphatic heterocycles. The Bertz CT molecular complexity index is 127. The zero-order valence-corrected chi connectivity index (χ0v) is 6.52. The first-order valence-corrected chi connectivity index (χ1v) is 4.07. The van der Waals surface area contributed by atoms with Crippen molar-refractivity contribution >= 4 is 0 Å². The predicted molar refractivity (Wildman–Crippen MR) is 39.9 cm³/mol. The van der Waals surface area contributed by atoms with Crippen molar-refractivity contribution in [2.24, 2.45) is 11.3 Å². The van der Waals surface area contributed by atoms with Gasteiger partial charge in [0.1, 0.15) is 0 Å². The third kappa shape index (κ3) is 0.867. The molecule has 2 heteroatoms. The lowest BCUT2D eigenvalue weighted by Crippen LogP contribution is -2.57. The van der Waals surface area contributed by atoms with Gasteiger partial charge in [-0.05, 0) is 18.8 Å². The summed E-state index contributed by atoms with van der Waals surface area (Å²) in [5.41, 5.74) is 0.550. The Morgan fingerprint density at radius 2 is 2.20 bits per heavy atom. The van der Waals surface area contributed by atoms with Crippen molar-refractivity contribution in [2.75, 3.05) is 26.8 Å². The molecular weight excluding hydrogens is 126 g/mol. The van der Waals surface area contributed by atoms with E-state index >= 15 is 0 Å². The number of methoxy groups -OCH3 is 1. The summed E-state index contributed by atoms with van der Waals surface area (Å²) in [4.78, 5) is 0. The van der Waals surface area contributed by atoms with Crippen molar-refractivity contribution in [2.45, 2.75) is 12.8 Å². The van der Waals surface area contributed by atoms with Crippen molar-refractivity contribution in [1.29, 1.82) is 0 Å². The van der Waals surface area contributed by atoms with Gasteiger partial charge in [0.25, 0.3) is 0 Å². The monoisotopic (exact) mass is 141 g/mol. The molecule has 1 N–H and O–H groups in total. The van der Waals surface area contributed by atoms with Gasteiger partial charge in [0.2, 0.25) is 0 Å². The summed E-state index contributed by atoms with van der Waals surface area (Å²) < 4.78 is 5.21. The standard InChI is InChI=1S/C8H15NO/c1-10-6-8(4-9-5-8)7-2-3-7/h7,9H,2-6H2,1H3. The summed E-state index contributed by atoms with van der Waals surface area (Å²) >= 11 is 0. The molecule has 0 unspecified atom stereocenters. The van der Waals surface area contributed by atoms with Gasteiger partial charge in [-0.1, -0.05) is 0 Å². The Morgan fingerprint density at radius 1 is 1.50 bits per heavy atom. The molecule has 58 valence electrons. The van der Waals surface area contributed by atoms with Gasteiger partial charge >= 0.3 is 0 Å². The molecule has 0 bridgehead atoms. The van der Waals surface area contributed by atoms with Gasteiger partial charge in [-0.15, -0.1) is 0 Å². The van der Waals surface area contributed by atoms with Crippen LogP contribution in [0.3, 0.4) is 0 Å². The van der Waals surface area contributed by atoms with Crippen molar-refractivity contribution in [3.63, 3.8) is 0 Å². The minimum atomic E-state index is 0.550. The van der Waals surface area contributed by atoms with Gasteiger partial charge in [-0.3, -0.25) is 0 Å². The van der Waals surface area contributed by atoms with Crippen LogP contribution in [0.4, 0.5) is 0 Å². The zero-order chi connectivity index (χ0) is 7.03. The van der Waals surface area contributed by atoms with Gasteiger partial charge in [-0.2, -0.15) is 0 Å². The average molecular weight is 141 g/mol. The van der Waals surface area contributed by atoms with Crippen LogP contribution in [0, 0.1) is 11.3 Å². The molecule has 10 heavy (non-hydrogen) atoms. The Kier molecular flexibility index (Phi) is 1.46. The van der Waals surface area contributed by atoms with Crippen molar-refractivity contribution < 1.29 is 4.74 Å². The molecule has 1 saturated heterocycles. The summed E-state index contributed by atoms with van der Waals surface area (Å²) in [6, 6.07) is 0. The molecule has 2 nitrogen and oxygen atoms in total. The minimum Gasteiger partial charge on any atom is -0.384 e. The number of hydrogen-bond acceptors (Lipinski definition) is 2. The van der Waals surface area contributed by atoms with Gasteiger partial charge in [-0.25, -0.2) is 0 Å². The molecule has 1 heterocycles. The largest absolute Gasteiger partial charge is 0.384 e. The third-order valence-electron chi connectivity index (χ3n) is 2.83. The number of ether oxygens (including phenoxy) is 1. The molecular formula is C8H15NO. The Balaban J connectivity index is 1.92. The van der Waals surface area contributed by atoms with Crippen LogP contribution in [0.25, 0.3) is 0 Å². The molecule has 2 fully saturated rings. The van der Waals surface area contributed by atoms with E-state index in [0.717, 1.165) is 12.5 Å². The number of nitrogens with one attached hydrogen (secondary N) is 1. The highest BCUT2D eigenvalue weighted by atomic mass is 16.5. The van der Waals surface area contributed by atoms with E-state index in [1.165, 1.54) is 25.9 Å². The van der Waals surface area contributed by atoms with E-state index in [0.29, 0.717) is 5.41 Å². The average Bonchev–Trinajstić information content (AvgIpc) is 2.60. The van der Waals surface area contributed by atoms with Crippen molar-refractivity contribution in [3.8, 4) is 0 Å². The highest BCUT2D eigenvalue weighted by Gasteiger charge is 2.49. The second kappa shape index (κ2) is 2.21. The molecule has 0 aromatic rings. The molecule has 2 rings (SSSR count). The predicted octanol–water partition coefficient (Wildman–Crippen LogP) is 0.632. The molecule has 2 aliphatic rings. The minimum absolute atomic E-state index is 0.550. The van der Waals surface area contributed by atoms with Crippen LogP contribution < -0.4 is 5.32 Å². The van der Waals surface area contributed by atoms with Crippen LogP contribution in [0.15, 0.2) is 0 Å². The highest BCUT2D eigenvalue weighted by molar-refractivity contribution is 5.02. The van der Waals surface area contributed by atoms with Crippen LogP contribution in [-0.4, -0.2) is 26.8 Å². The van der Waals surface area contributed by atoms with Crippen molar-refractivity contribution in [1.82, 2.24) is 5.32 Å². The molecule has 0 spiro atoms. The lowest BCUT2D eigenvalue weighted by Gasteiger charge is -2.42. The molecule has 0 aromatic carbocycles. The normalized spacial score (nSPS) is 29.7. The van der Waals surface area contributed by atoms with E-state index in [9.17, 15) is 0 Å². The maximum absolute atomic E-state index is 5.21. The van der Waals surface area contributed by atoms with Crippen molar-refractivity contribution in [3.05, 3.63) is 0 Å². The highest BCUT2D eigenvalue weighted by Crippen LogP contribution is 2.47. The SMILES string of the molecule is COCC1(C2CC2)CNC1. The summed E-state index contributed by atoms with van der Waals surface area (Å²) in [5.74, 6) is 0.980. The summed E-state index contributed by atoms with van der Waals surface area (Å²) in [5, 5.41) is 3.33. The second-order valence-electron chi connectivity index (χ2n) is 3.67. The van der Waals surface area contributed by atoms with Gasteiger partial charge in [0, 0.05) is 25.6 Å². The lowest BCUT2D eigenvalue weighted by atomic mass is 9.78. The lowest BCUT2D eigenvalue weighted by molar-refractivity contribution is 0.0194. The molecule has 0 aromatic heterocycles. The summed E-state index contributed by atoms with van der Waals surface area (Å²) in [6.45, 7) is 3.34. The maximum Gasteiger partial charge on any atom is 0.0545 e. The molecule has 0 atom stereocenters. The van der Waals surface area contributed by atoms with Crippen LogP contribution in [-0.2, 0) is 4.74 Å². The smallest absolute Gasteiger partial charge is 0.0545 e. The fourth-order valence-corrected chi connectivity index (χ4v) is 1.94. The van der Waals surface area contributed by atoms with Gasteiger partial charge < -0.3 is 10.1 Å². The van der Waals surface area contributed by atoms with Crippen LogP contribution >= 0.6 is 0 Å². The second-order valence-corrected chi connectivity index (χ2v) is 3.67. The van der Waals surface area contributed by atoms with Gasteiger partial charge in [0.05, 0.1) is 6.61 Å². The summed E-state index contributed by atoms with van der Waals surface area (Å²) in [6.07, 6.45) is 2.87. The first-order valence-electron chi connectivity index (χ1n) is 4.07. The topological polar surface area (TPSA) is 21.3 Å². The fraction of sp³-hybridized carbons (Fsp3) is 1.00. The Labute approximate surface area is 61.9 Å². The quantitative estimate of drug-likeness (QED) is 0.622. The molecule has 0 amide bonds. The van der Waals surface area contributed by atoms with Crippen LogP contribution in [0.5, 0.6) is 0 Å². The molecule has 0 radical (unpaired) electrons. The summed E-state index contributed by atoms with van der Waals surface area (Å²) in [7, 11) is 1.81. The van der Waals surface area contributed by atoms with E-state index in [4.69, 9.17) is 4.74 Å². The van der Waals surface area contributed by atoms with E-state index in [1.807, 2.05) is 7.11 Å². The van der Waals surface area contributed by atoms with Crippen LogP contribution in [0.1, 0.15) is 12.8 Å². The number of rotatable bonds is 3.